The number of hydrogen-bond acceptors (Lipinski definition) is 4. The molecule has 2 aromatic carbocycles. The predicted octanol–water partition coefficient (Wildman–Crippen LogP) is 2.52. The molecule has 7 heteroatoms. The van der Waals surface area contributed by atoms with Gasteiger partial charge in [0.2, 0.25) is 15.9 Å². The van der Waals surface area contributed by atoms with Crippen LogP contribution in [0.2, 0.25) is 0 Å². The molecule has 0 bridgehead atoms. The fraction of sp³-hybridized carbons (Fsp3) is 0.278. The summed E-state index contributed by atoms with van der Waals surface area (Å²) in [5, 5.41) is 5.77. The molecule has 1 amide bonds. The molecule has 0 spiro atoms. The minimum atomic E-state index is -3.40. The van der Waals surface area contributed by atoms with E-state index in [9.17, 15) is 13.2 Å². The van der Waals surface area contributed by atoms with Gasteiger partial charge in [-0.05, 0) is 49.2 Å². The Bertz CT molecular complexity index is 814. The van der Waals surface area contributed by atoms with Gasteiger partial charge in [0.1, 0.15) is 0 Å². The maximum Gasteiger partial charge on any atom is 0.243 e. The average Bonchev–Trinajstić information content (AvgIpc) is 3.17. The summed E-state index contributed by atoms with van der Waals surface area (Å²) in [6.45, 7) is 1.27. The first-order valence-corrected chi connectivity index (χ1v) is 9.69. The highest BCUT2D eigenvalue weighted by molar-refractivity contribution is 7.89. The fourth-order valence-electron chi connectivity index (χ4n) is 2.73. The molecule has 2 aromatic rings. The van der Waals surface area contributed by atoms with Crippen molar-refractivity contribution in [3.63, 3.8) is 0 Å². The standard InChI is InChI=1S/C18H21N3O3S/c22-18(20-16-6-2-1-3-7-16)14-19-15-8-10-17(11-9-15)25(23,24)21-12-4-5-13-21/h1-3,6-11,19H,4-5,12-14H2,(H,20,22). The number of nitrogens with zero attached hydrogens (tertiary/aromatic N) is 1. The van der Waals surface area contributed by atoms with Gasteiger partial charge < -0.3 is 10.6 Å². The van der Waals surface area contributed by atoms with Crippen molar-refractivity contribution in [2.24, 2.45) is 0 Å². The van der Waals surface area contributed by atoms with Crippen LogP contribution in [0.3, 0.4) is 0 Å². The number of para-hydroxylation sites is 1. The van der Waals surface area contributed by atoms with E-state index in [1.165, 1.54) is 4.31 Å². The van der Waals surface area contributed by atoms with Gasteiger partial charge in [0.05, 0.1) is 11.4 Å². The summed E-state index contributed by atoms with van der Waals surface area (Å²) in [5.41, 5.74) is 1.44. The van der Waals surface area contributed by atoms with Crippen molar-refractivity contribution in [3.05, 3.63) is 54.6 Å². The minimum absolute atomic E-state index is 0.104. The molecule has 0 unspecified atom stereocenters. The monoisotopic (exact) mass is 359 g/mol. The van der Waals surface area contributed by atoms with Crippen molar-refractivity contribution in [2.75, 3.05) is 30.3 Å². The first-order valence-electron chi connectivity index (χ1n) is 8.25. The van der Waals surface area contributed by atoms with Crippen LogP contribution in [0.4, 0.5) is 11.4 Å². The Kier molecular flexibility index (Phi) is 5.35. The number of carbonyl (C=O) groups excluding carboxylic acids is 1. The molecule has 1 fully saturated rings. The van der Waals surface area contributed by atoms with Gasteiger partial charge in [-0.15, -0.1) is 0 Å². The van der Waals surface area contributed by atoms with E-state index >= 15 is 0 Å². The smallest absolute Gasteiger partial charge is 0.243 e. The van der Waals surface area contributed by atoms with Gasteiger partial charge in [0, 0.05) is 24.5 Å². The van der Waals surface area contributed by atoms with Gasteiger partial charge in [-0.3, -0.25) is 4.79 Å². The quantitative estimate of drug-likeness (QED) is 0.831. The highest BCUT2D eigenvalue weighted by Crippen LogP contribution is 2.22. The van der Waals surface area contributed by atoms with Crippen LogP contribution in [0.25, 0.3) is 0 Å². The van der Waals surface area contributed by atoms with E-state index in [1.54, 1.807) is 24.3 Å². The first kappa shape index (κ1) is 17.4. The molecule has 0 saturated carbocycles. The second-order valence-corrected chi connectivity index (χ2v) is 7.84. The molecular formula is C18H21N3O3S. The molecule has 1 aliphatic heterocycles. The Morgan fingerprint density at radius 1 is 0.920 bits per heavy atom. The van der Waals surface area contributed by atoms with E-state index < -0.39 is 10.0 Å². The summed E-state index contributed by atoms with van der Waals surface area (Å²) in [5.74, 6) is -0.167. The predicted molar refractivity (Wildman–Crippen MR) is 98.0 cm³/mol. The highest BCUT2D eigenvalue weighted by atomic mass is 32.2. The van der Waals surface area contributed by atoms with Crippen LogP contribution in [0.5, 0.6) is 0 Å². The van der Waals surface area contributed by atoms with Gasteiger partial charge in [-0.2, -0.15) is 4.31 Å². The molecule has 2 N–H and O–H groups in total. The van der Waals surface area contributed by atoms with Crippen molar-refractivity contribution >= 4 is 27.3 Å². The molecule has 1 saturated heterocycles. The fourth-order valence-corrected chi connectivity index (χ4v) is 4.25. The number of nitrogens with one attached hydrogen (secondary N) is 2. The van der Waals surface area contributed by atoms with Crippen LogP contribution < -0.4 is 10.6 Å². The SMILES string of the molecule is O=C(CNc1ccc(S(=O)(=O)N2CCCC2)cc1)Nc1ccccc1. The minimum Gasteiger partial charge on any atom is -0.376 e. The summed E-state index contributed by atoms with van der Waals surface area (Å²) in [4.78, 5) is 12.2. The zero-order chi connectivity index (χ0) is 17.7. The van der Waals surface area contributed by atoms with Crippen LogP contribution in [0.15, 0.2) is 59.5 Å². The van der Waals surface area contributed by atoms with Crippen LogP contribution in [-0.4, -0.2) is 38.3 Å². The average molecular weight is 359 g/mol. The molecule has 0 aliphatic carbocycles. The molecule has 1 heterocycles. The van der Waals surface area contributed by atoms with Crippen molar-refractivity contribution in [3.8, 4) is 0 Å². The summed E-state index contributed by atoms with van der Waals surface area (Å²) in [7, 11) is -3.40. The maximum absolute atomic E-state index is 12.5. The zero-order valence-electron chi connectivity index (χ0n) is 13.8. The normalized spacial score (nSPS) is 15.0. The number of hydrogen-bond donors (Lipinski definition) is 2. The van der Waals surface area contributed by atoms with E-state index in [0.717, 1.165) is 18.5 Å². The summed E-state index contributed by atoms with van der Waals surface area (Å²) in [6.07, 6.45) is 1.82. The van der Waals surface area contributed by atoms with Crippen molar-refractivity contribution in [2.45, 2.75) is 17.7 Å². The number of carbonyl (C=O) groups is 1. The van der Waals surface area contributed by atoms with Gasteiger partial charge >= 0.3 is 0 Å². The lowest BCUT2D eigenvalue weighted by atomic mass is 10.3. The summed E-state index contributed by atoms with van der Waals surface area (Å²) in [6, 6.07) is 15.7. The number of benzene rings is 2. The molecular weight excluding hydrogens is 338 g/mol. The Balaban J connectivity index is 1.56. The lowest BCUT2D eigenvalue weighted by Crippen LogP contribution is -2.27. The Morgan fingerprint density at radius 3 is 2.20 bits per heavy atom. The third-order valence-corrected chi connectivity index (χ3v) is 5.98. The molecule has 25 heavy (non-hydrogen) atoms. The maximum atomic E-state index is 12.5. The Morgan fingerprint density at radius 2 is 1.56 bits per heavy atom. The Hall–Kier alpha value is -2.38. The molecule has 132 valence electrons. The topological polar surface area (TPSA) is 78.5 Å². The summed E-state index contributed by atoms with van der Waals surface area (Å²) < 4.78 is 26.4. The van der Waals surface area contributed by atoms with Gasteiger partial charge in [0.15, 0.2) is 0 Å². The molecule has 0 atom stereocenters. The van der Waals surface area contributed by atoms with Crippen molar-refractivity contribution in [1.82, 2.24) is 4.31 Å². The van der Waals surface area contributed by atoms with E-state index in [2.05, 4.69) is 10.6 Å². The number of sulfonamides is 1. The second-order valence-electron chi connectivity index (χ2n) is 5.90. The Labute approximate surface area is 147 Å². The second kappa shape index (κ2) is 7.67. The molecule has 3 rings (SSSR count). The lowest BCUT2D eigenvalue weighted by Gasteiger charge is -2.15. The van der Waals surface area contributed by atoms with Gasteiger partial charge in [-0.25, -0.2) is 8.42 Å². The molecule has 1 aliphatic rings. The zero-order valence-corrected chi connectivity index (χ0v) is 14.6. The van der Waals surface area contributed by atoms with Crippen LogP contribution in [-0.2, 0) is 14.8 Å². The van der Waals surface area contributed by atoms with E-state index in [4.69, 9.17) is 0 Å². The van der Waals surface area contributed by atoms with E-state index in [-0.39, 0.29) is 17.3 Å². The van der Waals surface area contributed by atoms with E-state index in [0.29, 0.717) is 18.8 Å². The van der Waals surface area contributed by atoms with Gasteiger partial charge in [0.25, 0.3) is 0 Å². The van der Waals surface area contributed by atoms with Crippen molar-refractivity contribution in [1.29, 1.82) is 0 Å². The highest BCUT2D eigenvalue weighted by Gasteiger charge is 2.26. The number of amides is 1. The number of anilines is 2. The largest absolute Gasteiger partial charge is 0.376 e. The molecule has 0 aromatic heterocycles. The molecule has 0 radical (unpaired) electrons. The third kappa shape index (κ3) is 4.37. The van der Waals surface area contributed by atoms with Crippen LogP contribution in [0, 0.1) is 0 Å². The molecule has 6 nitrogen and oxygen atoms in total. The third-order valence-electron chi connectivity index (χ3n) is 4.07. The van der Waals surface area contributed by atoms with Crippen LogP contribution in [0.1, 0.15) is 12.8 Å². The van der Waals surface area contributed by atoms with Crippen molar-refractivity contribution < 1.29 is 13.2 Å². The van der Waals surface area contributed by atoms with Crippen LogP contribution >= 0.6 is 0 Å². The number of rotatable bonds is 6. The van der Waals surface area contributed by atoms with E-state index in [1.807, 2.05) is 30.3 Å². The lowest BCUT2D eigenvalue weighted by molar-refractivity contribution is -0.114. The summed E-state index contributed by atoms with van der Waals surface area (Å²) >= 11 is 0. The van der Waals surface area contributed by atoms with Gasteiger partial charge in [-0.1, -0.05) is 18.2 Å². The first-order chi connectivity index (χ1) is 12.1.